The molecule has 4 rings (SSSR count). The van der Waals surface area contributed by atoms with Crippen molar-refractivity contribution in [1.82, 2.24) is 8.87 Å². The summed E-state index contributed by atoms with van der Waals surface area (Å²) in [6.07, 6.45) is -0.244. The molecule has 2 heterocycles. The summed E-state index contributed by atoms with van der Waals surface area (Å²) in [4.78, 5) is 5.95. The van der Waals surface area contributed by atoms with Crippen LogP contribution < -0.4 is 4.80 Å². The normalized spacial score (nSPS) is 20.8. The van der Waals surface area contributed by atoms with E-state index in [0.717, 1.165) is 28.3 Å². The minimum Gasteiger partial charge on any atom is -0.373 e. The number of para-hydroxylation sites is 1. The number of nitrogens with zero attached hydrogens (tertiary/aromatic N) is 3. The third kappa shape index (κ3) is 4.67. The molecule has 0 spiro atoms. The van der Waals surface area contributed by atoms with Crippen LogP contribution in [-0.2, 0) is 21.3 Å². The molecule has 1 aliphatic heterocycles. The van der Waals surface area contributed by atoms with E-state index in [0.29, 0.717) is 18.0 Å². The van der Waals surface area contributed by atoms with Crippen molar-refractivity contribution in [2.45, 2.75) is 44.4 Å². The van der Waals surface area contributed by atoms with Gasteiger partial charge in [-0.1, -0.05) is 30.3 Å². The van der Waals surface area contributed by atoms with E-state index < -0.39 is 10.0 Å². The highest BCUT2D eigenvalue weighted by Gasteiger charge is 2.32. The summed E-state index contributed by atoms with van der Waals surface area (Å²) >= 11 is 1.55. The van der Waals surface area contributed by atoms with E-state index >= 15 is 0 Å². The molecule has 1 fully saturated rings. The van der Waals surface area contributed by atoms with Crippen LogP contribution in [0, 0.1) is 0 Å². The summed E-state index contributed by atoms with van der Waals surface area (Å²) in [5.41, 5.74) is 2.72. The molecule has 0 radical (unpaired) electrons. The van der Waals surface area contributed by atoms with Gasteiger partial charge in [0.1, 0.15) is 0 Å². The predicted octanol–water partition coefficient (Wildman–Crippen LogP) is 4.27. The molecule has 1 aliphatic rings. The van der Waals surface area contributed by atoms with Crippen LogP contribution in [0.3, 0.4) is 0 Å². The van der Waals surface area contributed by atoms with Crippen LogP contribution in [0.25, 0.3) is 11.3 Å². The van der Waals surface area contributed by atoms with Crippen molar-refractivity contribution in [2.24, 2.45) is 4.99 Å². The van der Waals surface area contributed by atoms with Crippen molar-refractivity contribution >= 4 is 27.0 Å². The van der Waals surface area contributed by atoms with E-state index in [4.69, 9.17) is 9.73 Å². The Balaban J connectivity index is 1.72. The molecule has 2 atom stereocenters. The molecule has 0 saturated carbocycles. The highest BCUT2D eigenvalue weighted by atomic mass is 32.2. The molecule has 0 unspecified atom stereocenters. The van der Waals surface area contributed by atoms with Crippen molar-refractivity contribution in [3.05, 3.63) is 64.8 Å². The number of aromatic nitrogens is 1. The maximum absolute atomic E-state index is 13.3. The second kappa shape index (κ2) is 9.08. The smallest absolute Gasteiger partial charge is 0.243 e. The molecule has 2 aromatic carbocycles. The Hall–Kier alpha value is -2.26. The van der Waals surface area contributed by atoms with Crippen molar-refractivity contribution in [2.75, 3.05) is 13.1 Å². The molecule has 1 aromatic heterocycles. The van der Waals surface area contributed by atoms with Gasteiger partial charge in [0, 0.05) is 30.6 Å². The van der Waals surface area contributed by atoms with Crippen LogP contribution in [0.1, 0.15) is 20.8 Å². The molecule has 6 nitrogen and oxygen atoms in total. The number of rotatable bonds is 5. The Bertz CT molecular complexity index is 1210. The number of morpholine rings is 1. The van der Waals surface area contributed by atoms with Crippen LogP contribution in [0.4, 0.5) is 5.69 Å². The first-order valence-electron chi connectivity index (χ1n) is 10.4. The Morgan fingerprint density at radius 1 is 1.06 bits per heavy atom. The lowest BCUT2D eigenvalue weighted by Crippen LogP contribution is -2.48. The van der Waals surface area contributed by atoms with Crippen molar-refractivity contribution in [1.29, 1.82) is 0 Å². The summed E-state index contributed by atoms with van der Waals surface area (Å²) in [5.74, 6) is 0. The maximum Gasteiger partial charge on any atom is 0.243 e. The molecule has 0 amide bonds. The Kier molecular flexibility index (Phi) is 6.43. The van der Waals surface area contributed by atoms with Gasteiger partial charge in [0.05, 0.1) is 28.5 Å². The first-order chi connectivity index (χ1) is 14.9. The number of hydrogen-bond donors (Lipinski definition) is 0. The average molecular weight is 458 g/mol. The molecule has 0 N–H and O–H groups in total. The van der Waals surface area contributed by atoms with Crippen molar-refractivity contribution in [3.8, 4) is 11.3 Å². The molecule has 0 aliphatic carbocycles. The van der Waals surface area contributed by atoms with Gasteiger partial charge in [0.25, 0.3) is 0 Å². The maximum atomic E-state index is 13.3. The van der Waals surface area contributed by atoms with Crippen LogP contribution >= 0.6 is 11.3 Å². The van der Waals surface area contributed by atoms with E-state index in [9.17, 15) is 8.42 Å². The van der Waals surface area contributed by atoms with Crippen LogP contribution in [0.5, 0.6) is 0 Å². The predicted molar refractivity (Wildman–Crippen MR) is 124 cm³/mol. The first-order valence-corrected chi connectivity index (χ1v) is 12.7. The topological polar surface area (TPSA) is 63.9 Å². The van der Waals surface area contributed by atoms with Gasteiger partial charge in [-0.3, -0.25) is 0 Å². The molecule has 3 aromatic rings. The summed E-state index contributed by atoms with van der Waals surface area (Å²) in [5, 5.41) is 2.04. The first kappa shape index (κ1) is 22.0. The fourth-order valence-corrected chi connectivity index (χ4v) is 6.49. The summed E-state index contributed by atoms with van der Waals surface area (Å²) in [6, 6.07) is 17.0. The lowest BCUT2D eigenvalue weighted by Gasteiger charge is -2.34. The molecular weight excluding hydrogens is 430 g/mol. The second-order valence-electron chi connectivity index (χ2n) is 7.70. The number of sulfonamides is 1. The van der Waals surface area contributed by atoms with Crippen LogP contribution in [0.2, 0.25) is 0 Å². The Morgan fingerprint density at radius 2 is 1.77 bits per heavy atom. The Labute approximate surface area is 187 Å². The Morgan fingerprint density at radius 3 is 2.45 bits per heavy atom. The zero-order valence-electron chi connectivity index (χ0n) is 17.9. The third-order valence-corrected chi connectivity index (χ3v) is 7.94. The number of thiazole rings is 1. The highest BCUT2D eigenvalue weighted by Crippen LogP contribution is 2.27. The lowest BCUT2D eigenvalue weighted by molar-refractivity contribution is -0.0440. The third-order valence-electron chi connectivity index (χ3n) is 5.25. The molecule has 8 heteroatoms. The minimum absolute atomic E-state index is 0.122. The zero-order chi connectivity index (χ0) is 22.0. The van der Waals surface area contributed by atoms with Crippen molar-refractivity contribution in [3.63, 3.8) is 0 Å². The van der Waals surface area contributed by atoms with E-state index in [2.05, 4.69) is 11.5 Å². The fraction of sp³-hybridized carbons (Fsp3) is 0.348. The van der Waals surface area contributed by atoms with Gasteiger partial charge in [-0.25, -0.2) is 13.4 Å². The number of hydrogen-bond acceptors (Lipinski definition) is 5. The average Bonchev–Trinajstić information content (AvgIpc) is 3.16. The lowest BCUT2D eigenvalue weighted by atomic mass is 10.2. The monoisotopic (exact) mass is 457 g/mol. The number of benzene rings is 2. The van der Waals surface area contributed by atoms with Gasteiger partial charge in [0.2, 0.25) is 10.0 Å². The quantitative estimate of drug-likeness (QED) is 0.575. The zero-order valence-corrected chi connectivity index (χ0v) is 19.6. The van der Waals surface area contributed by atoms with Gasteiger partial charge < -0.3 is 9.30 Å². The summed E-state index contributed by atoms with van der Waals surface area (Å²) in [6.45, 7) is 7.34. The number of ether oxygens (including phenoxy) is 1. The van der Waals surface area contributed by atoms with Gasteiger partial charge in [-0.05, 0) is 45.0 Å². The minimum atomic E-state index is -3.60. The van der Waals surface area contributed by atoms with Gasteiger partial charge in [-0.15, -0.1) is 11.3 Å². The molecule has 31 heavy (non-hydrogen) atoms. The highest BCUT2D eigenvalue weighted by molar-refractivity contribution is 7.89. The van der Waals surface area contributed by atoms with E-state index in [1.54, 1.807) is 29.5 Å². The second-order valence-corrected chi connectivity index (χ2v) is 10.5. The van der Waals surface area contributed by atoms with Gasteiger partial charge in [-0.2, -0.15) is 4.31 Å². The van der Waals surface area contributed by atoms with E-state index in [1.807, 2.05) is 55.6 Å². The van der Waals surface area contributed by atoms with Crippen LogP contribution in [0.15, 0.2) is 69.9 Å². The fourth-order valence-electron chi connectivity index (χ4n) is 3.86. The summed E-state index contributed by atoms with van der Waals surface area (Å²) < 4.78 is 36.0. The van der Waals surface area contributed by atoms with Gasteiger partial charge >= 0.3 is 0 Å². The SMILES string of the molecule is CCn1c(-c2cccc(S(=O)(=O)N3C[C@@H](C)O[C@H](C)C3)c2)csc1=Nc1ccccc1. The molecule has 164 valence electrons. The van der Waals surface area contributed by atoms with E-state index in [1.165, 1.54) is 4.31 Å². The van der Waals surface area contributed by atoms with Crippen LogP contribution in [-0.4, -0.2) is 42.6 Å². The summed E-state index contributed by atoms with van der Waals surface area (Å²) in [7, 11) is -3.60. The molecule has 0 bridgehead atoms. The molecular formula is C23H27N3O3S2. The molecule has 1 saturated heterocycles. The van der Waals surface area contributed by atoms with Gasteiger partial charge in [0.15, 0.2) is 4.80 Å². The standard InChI is InChI=1S/C23H27N3O3S2/c1-4-26-22(16-30-23(26)24-20-10-6-5-7-11-20)19-9-8-12-21(13-19)31(27,28)25-14-17(2)29-18(3)15-25/h5-13,16-18H,4,14-15H2,1-3H3/t17-,18-/m1/s1. The largest absolute Gasteiger partial charge is 0.373 e. The van der Waals surface area contributed by atoms with E-state index in [-0.39, 0.29) is 12.2 Å². The van der Waals surface area contributed by atoms with Crippen molar-refractivity contribution < 1.29 is 13.2 Å².